The third-order valence-electron chi connectivity index (χ3n) is 6.40. The van der Waals surface area contributed by atoms with Gasteiger partial charge in [0.25, 0.3) is 0 Å². The molecule has 1 saturated heterocycles. The third-order valence-corrected chi connectivity index (χ3v) is 6.40. The van der Waals surface area contributed by atoms with Gasteiger partial charge in [-0.25, -0.2) is 0 Å². The Labute approximate surface area is 211 Å². The van der Waals surface area contributed by atoms with Gasteiger partial charge in [0, 0.05) is 38.8 Å². The lowest BCUT2D eigenvalue weighted by atomic mass is 9.74. The third kappa shape index (κ3) is 5.24. The molecular weight excluding hydrogens is 537 g/mol. The number of hydrogen-bond acceptors (Lipinski definition) is 6. The van der Waals surface area contributed by atoms with Gasteiger partial charge >= 0.3 is 0 Å². The minimum absolute atomic E-state index is 0. The predicted octanol–water partition coefficient (Wildman–Crippen LogP) is 3.22. The van der Waals surface area contributed by atoms with Crippen molar-refractivity contribution in [2.45, 2.75) is 24.7 Å². The highest BCUT2D eigenvalue weighted by molar-refractivity contribution is 14.0. The van der Waals surface area contributed by atoms with Crippen LogP contribution in [-0.4, -0.2) is 52.9 Å². The Balaban J connectivity index is 0.00000259. The van der Waals surface area contributed by atoms with Gasteiger partial charge in [0.15, 0.2) is 29.0 Å². The van der Waals surface area contributed by atoms with Gasteiger partial charge in [-0.3, -0.25) is 4.99 Å². The van der Waals surface area contributed by atoms with Crippen molar-refractivity contribution in [2.24, 2.45) is 4.99 Å². The van der Waals surface area contributed by atoms with Crippen LogP contribution in [-0.2, 0) is 16.6 Å². The summed E-state index contributed by atoms with van der Waals surface area (Å²) in [5, 5.41) is 6.97. The summed E-state index contributed by atoms with van der Waals surface area (Å²) in [5.74, 6) is 4.04. The molecule has 9 heteroatoms. The van der Waals surface area contributed by atoms with Crippen LogP contribution in [0.25, 0.3) is 0 Å². The Morgan fingerprint density at radius 3 is 2.27 bits per heavy atom. The number of rotatable bonds is 6. The zero-order valence-corrected chi connectivity index (χ0v) is 21.1. The highest BCUT2D eigenvalue weighted by atomic mass is 127. The number of ether oxygens (including phenoxy) is 5. The lowest BCUT2D eigenvalue weighted by Crippen LogP contribution is -2.48. The number of hydrogen-bond donors (Lipinski definition) is 2. The van der Waals surface area contributed by atoms with E-state index in [1.165, 1.54) is 11.1 Å². The maximum atomic E-state index is 5.67. The fourth-order valence-corrected chi connectivity index (χ4v) is 4.45. The Kier molecular flexibility index (Phi) is 7.69. The molecule has 178 valence electrons. The average molecular weight is 567 g/mol. The van der Waals surface area contributed by atoms with E-state index in [0.717, 1.165) is 74.5 Å². The molecule has 3 aliphatic heterocycles. The molecule has 0 aliphatic carbocycles. The number of guanidine groups is 1. The van der Waals surface area contributed by atoms with Gasteiger partial charge in [0.1, 0.15) is 0 Å². The lowest BCUT2D eigenvalue weighted by Gasteiger charge is -2.38. The van der Waals surface area contributed by atoms with Crippen LogP contribution in [0.3, 0.4) is 0 Å². The maximum Gasteiger partial charge on any atom is 0.231 e. The fourth-order valence-electron chi connectivity index (χ4n) is 4.45. The fraction of sp³-hybridized carbons (Fsp3) is 0.458. The van der Waals surface area contributed by atoms with Crippen molar-refractivity contribution in [1.82, 2.24) is 10.6 Å². The molecule has 0 bridgehead atoms. The summed E-state index contributed by atoms with van der Waals surface area (Å²) in [6.07, 6.45) is 2.74. The summed E-state index contributed by atoms with van der Waals surface area (Å²) in [6, 6.07) is 12.3. The van der Waals surface area contributed by atoms with E-state index in [1.54, 1.807) is 7.05 Å². The van der Waals surface area contributed by atoms with Crippen molar-refractivity contribution in [2.75, 3.05) is 46.9 Å². The SMILES string of the molecule is CN=C(NCCc1ccc2c(c1)OCO2)NCC1(c2ccc3c(c2)OCO3)CCOCC1.I. The first-order chi connectivity index (χ1) is 15.8. The van der Waals surface area contributed by atoms with Crippen LogP contribution in [0.1, 0.15) is 24.0 Å². The van der Waals surface area contributed by atoms with Gasteiger partial charge in [-0.1, -0.05) is 12.1 Å². The van der Waals surface area contributed by atoms with Crippen molar-refractivity contribution in [1.29, 1.82) is 0 Å². The van der Waals surface area contributed by atoms with Gasteiger partial charge in [-0.15, -0.1) is 24.0 Å². The van der Waals surface area contributed by atoms with E-state index in [9.17, 15) is 0 Å². The Morgan fingerprint density at radius 2 is 1.55 bits per heavy atom. The molecule has 0 saturated carbocycles. The Morgan fingerprint density at radius 1 is 0.879 bits per heavy atom. The number of nitrogens with zero attached hydrogens (tertiary/aromatic N) is 1. The van der Waals surface area contributed by atoms with Crippen LogP contribution in [0.2, 0.25) is 0 Å². The summed E-state index contributed by atoms with van der Waals surface area (Å²) in [5.41, 5.74) is 2.39. The molecule has 8 nitrogen and oxygen atoms in total. The second-order valence-electron chi connectivity index (χ2n) is 8.25. The number of halogens is 1. The Bertz CT molecular complexity index is 994. The summed E-state index contributed by atoms with van der Waals surface area (Å²) < 4.78 is 27.6. The topological polar surface area (TPSA) is 82.6 Å². The van der Waals surface area contributed by atoms with E-state index in [1.807, 2.05) is 18.2 Å². The predicted molar refractivity (Wildman–Crippen MR) is 135 cm³/mol. The smallest absolute Gasteiger partial charge is 0.231 e. The molecule has 33 heavy (non-hydrogen) atoms. The lowest BCUT2D eigenvalue weighted by molar-refractivity contribution is 0.0513. The maximum absolute atomic E-state index is 5.67. The quantitative estimate of drug-likeness (QED) is 0.315. The van der Waals surface area contributed by atoms with E-state index in [-0.39, 0.29) is 36.2 Å². The van der Waals surface area contributed by atoms with Crippen molar-refractivity contribution >= 4 is 29.9 Å². The number of aliphatic imine (C=N–C) groups is 1. The van der Waals surface area contributed by atoms with Crippen molar-refractivity contribution in [3.8, 4) is 23.0 Å². The first-order valence-corrected chi connectivity index (χ1v) is 11.1. The van der Waals surface area contributed by atoms with Crippen LogP contribution in [0.4, 0.5) is 0 Å². The standard InChI is InChI=1S/C24H29N3O5.HI/c1-25-23(26-9-6-17-2-4-19-21(12-17)31-15-29-19)27-14-24(7-10-28-11-8-24)18-3-5-20-22(13-18)32-16-30-20;/h2-5,12-13H,6-11,14-16H2,1H3,(H2,25,26,27);1H. The van der Waals surface area contributed by atoms with Gasteiger partial charge in [-0.05, 0) is 54.7 Å². The molecule has 2 aromatic carbocycles. The van der Waals surface area contributed by atoms with Gasteiger partial charge < -0.3 is 34.3 Å². The largest absolute Gasteiger partial charge is 0.454 e. The first-order valence-electron chi connectivity index (χ1n) is 11.1. The summed E-state index contributed by atoms with van der Waals surface area (Å²) in [6.45, 7) is 3.59. The number of benzene rings is 2. The molecule has 0 spiro atoms. The molecule has 2 N–H and O–H groups in total. The highest BCUT2D eigenvalue weighted by Gasteiger charge is 2.35. The van der Waals surface area contributed by atoms with Crippen LogP contribution < -0.4 is 29.6 Å². The second-order valence-corrected chi connectivity index (χ2v) is 8.25. The monoisotopic (exact) mass is 567 g/mol. The number of nitrogens with one attached hydrogen (secondary N) is 2. The molecule has 0 amide bonds. The van der Waals surface area contributed by atoms with Crippen LogP contribution in [0, 0.1) is 0 Å². The van der Waals surface area contributed by atoms with Gasteiger partial charge in [0.05, 0.1) is 0 Å². The molecule has 0 unspecified atom stereocenters. The highest BCUT2D eigenvalue weighted by Crippen LogP contribution is 2.40. The summed E-state index contributed by atoms with van der Waals surface area (Å²) >= 11 is 0. The van der Waals surface area contributed by atoms with Crippen molar-refractivity contribution in [3.63, 3.8) is 0 Å². The van der Waals surface area contributed by atoms with Gasteiger partial charge in [-0.2, -0.15) is 0 Å². The molecule has 0 aromatic heterocycles. The summed E-state index contributed by atoms with van der Waals surface area (Å²) in [7, 11) is 1.80. The molecular formula is C24H30IN3O5. The zero-order chi connectivity index (χ0) is 21.8. The minimum Gasteiger partial charge on any atom is -0.454 e. The van der Waals surface area contributed by atoms with E-state index >= 15 is 0 Å². The van der Waals surface area contributed by atoms with E-state index in [4.69, 9.17) is 23.7 Å². The zero-order valence-electron chi connectivity index (χ0n) is 18.7. The minimum atomic E-state index is -0.0474. The van der Waals surface area contributed by atoms with Crippen LogP contribution in [0.15, 0.2) is 41.4 Å². The van der Waals surface area contributed by atoms with Crippen molar-refractivity contribution < 1.29 is 23.7 Å². The van der Waals surface area contributed by atoms with E-state index in [2.05, 4.69) is 33.8 Å². The van der Waals surface area contributed by atoms with Gasteiger partial charge in [0.2, 0.25) is 13.6 Å². The molecule has 0 atom stereocenters. The molecule has 2 aromatic rings. The van der Waals surface area contributed by atoms with E-state index in [0.29, 0.717) is 6.79 Å². The normalized spacial score (nSPS) is 17.9. The van der Waals surface area contributed by atoms with Crippen LogP contribution in [0.5, 0.6) is 23.0 Å². The molecule has 5 rings (SSSR count). The Hall–Kier alpha value is -2.40. The molecule has 0 radical (unpaired) electrons. The van der Waals surface area contributed by atoms with Crippen LogP contribution >= 0.6 is 24.0 Å². The molecule has 1 fully saturated rings. The first kappa shape index (κ1) is 23.7. The molecule has 3 heterocycles. The van der Waals surface area contributed by atoms with E-state index < -0.39 is 0 Å². The number of fused-ring (bicyclic) bond motifs is 2. The average Bonchev–Trinajstić information content (AvgIpc) is 3.50. The van der Waals surface area contributed by atoms with Crippen molar-refractivity contribution in [3.05, 3.63) is 47.5 Å². The summed E-state index contributed by atoms with van der Waals surface area (Å²) in [4.78, 5) is 4.42. The molecule has 3 aliphatic rings. The second kappa shape index (κ2) is 10.7.